The predicted molar refractivity (Wildman–Crippen MR) is 87.3 cm³/mol. The van der Waals surface area contributed by atoms with E-state index in [4.69, 9.17) is 0 Å². The third kappa shape index (κ3) is 2.20. The molecule has 0 heteroatoms. The molecule has 0 fully saturated rings. The van der Waals surface area contributed by atoms with Gasteiger partial charge in [-0.3, -0.25) is 0 Å². The zero-order valence-electron chi connectivity index (χ0n) is 12.8. The van der Waals surface area contributed by atoms with Gasteiger partial charge in [0.2, 0.25) is 0 Å². The van der Waals surface area contributed by atoms with E-state index in [1.165, 1.54) is 38.9 Å². The average Bonchev–Trinajstić information content (AvgIpc) is 2.43. The van der Waals surface area contributed by atoms with E-state index in [1.54, 1.807) is 0 Å². The molecule has 0 aliphatic heterocycles. The number of hydrogen-bond donors (Lipinski definition) is 0. The summed E-state index contributed by atoms with van der Waals surface area (Å²) in [5.74, 6) is 0.508. The molecule has 0 saturated carbocycles. The molecule has 0 bridgehead atoms. The lowest BCUT2D eigenvalue weighted by atomic mass is 9.80. The minimum Gasteiger partial charge on any atom is -0.0830 e. The van der Waals surface area contributed by atoms with E-state index in [-0.39, 0.29) is 0 Å². The SMILES string of the molecule is Cc1ccc(C2CC=Cc3cc(C)c(C)cc32)cc1C. The van der Waals surface area contributed by atoms with Crippen molar-refractivity contribution in [1.82, 2.24) is 0 Å². The van der Waals surface area contributed by atoms with Gasteiger partial charge in [0.25, 0.3) is 0 Å². The van der Waals surface area contributed by atoms with Crippen LogP contribution >= 0.6 is 0 Å². The standard InChI is InChI=1S/C20H22/c1-13-8-9-18(10-14(13)2)19-7-5-6-17-11-15(3)16(4)12-20(17)19/h5-6,8-12,19H,7H2,1-4H3. The molecular formula is C20H22. The second-order valence-corrected chi connectivity index (χ2v) is 6.10. The van der Waals surface area contributed by atoms with Gasteiger partial charge in [0, 0.05) is 5.92 Å². The van der Waals surface area contributed by atoms with Crippen LogP contribution in [0.5, 0.6) is 0 Å². The Kier molecular flexibility index (Phi) is 3.25. The largest absolute Gasteiger partial charge is 0.0830 e. The predicted octanol–water partition coefficient (Wildman–Crippen LogP) is 5.47. The van der Waals surface area contributed by atoms with E-state index in [1.807, 2.05) is 0 Å². The molecular weight excluding hydrogens is 240 g/mol. The van der Waals surface area contributed by atoms with Crippen molar-refractivity contribution in [3.8, 4) is 0 Å². The Morgan fingerprint density at radius 3 is 2.25 bits per heavy atom. The smallest absolute Gasteiger partial charge is 0.0130 e. The molecule has 2 aromatic rings. The van der Waals surface area contributed by atoms with E-state index in [0.29, 0.717) is 5.92 Å². The third-order valence-corrected chi connectivity index (χ3v) is 4.68. The first-order chi connectivity index (χ1) is 9.56. The van der Waals surface area contributed by atoms with Crippen LogP contribution in [0.15, 0.2) is 36.4 Å². The fourth-order valence-corrected chi connectivity index (χ4v) is 3.06. The first kappa shape index (κ1) is 13.2. The van der Waals surface area contributed by atoms with Crippen molar-refractivity contribution in [2.45, 2.75) is 40.0 Å². The highest BCUT2D eigenvalue weighted by molar-refractivity contribution is 5.62. The summed E-state index contributed by atoms with van der Waals surface area (Å²) < 4.78 is 0. The summed E-state index contributed by atoms with van der Waals surface area (Å²) in [6.45, 7) is 8.80. The van der Waals surface area contributed by atoms with Crippen molar-refractivity contribution in [3.63, 3.8) is 0 Å². The topological polar surface area (TPSA) is 0 Å². The lowest BCUT2D eigenvalue weighted by molar-refractivity contribution is 0.815. The molecule has 1 atom stereocenters. The number of fused-ring (bicyclic) bond motifs is 1. The van der Waals surface area contributed by atoms with Crippen LogP contribution in [0, 0.1) is 27.7 Å². The van der Waals surface area contributed by atoms with Crippen LogP contribution in [0.3, 0.4) is 0 Å². The third-order valence-electron chi connectivity index (χ3n) is 4.68. The van der Waals surface area contributed by atoms with Crippen molar-refractivity contribution in [2.75, 3.05) is 0 Å². The highest BCUT2D eigenvalue weighted by atomic mass is 14.2. The first-order valence-electron chi connectivity index (χ1n) is 7.41. The van der Waals surface area contributed by atoms with Gasteiger partial charge in [-0.2, -0.15) is 0 Å². The van der Waals surface area contributed by atoms with Crippen molar-refractivity contribution in [3.05, 3.63) is 75.4 Å². The summed E-state index contributed by atoms with van der Waals surface area (Å²) in [5.41, 5.74) is 9.87. The summed E-state index contributed by atoms with van der Waals surface area (Å²) in [6.07, 6.45) is 5.70. The van der Waals surface area contributed by atoms with Crippen molar-refractivity contribution in [1.29, 1.82) is 0 Å². The summed E-state index contributed by atoms with van der Waals surface area (Å²) in [5, 5.41) is 0. The van der Waals surface area contributed by atoms with E-state index in [0.717, 1.165) is 6.42 Å². The van der Waals surface area contributed by atoms with Gasteiger partial charge < -0.3 is 0 Å². The van der Waals surface area contributed by atoms with E-state index in [9.17, 15) is 0 Å². The van der Waals surface area contributed by atoms with Gasteiger partial charge in [0.1, 0.15) is 0 Å². The fourth-order valence-electron chi connectivity index (χ4n) is 3.06. The molecule has 1 aliphatic rings. The molecule has 0 N–H and O–H groups in total. The maximum Gasteiger partial charge on any atom is 0.0130 e. The van der Waals surface area contributed by atoms with Gasteiger partial charge in [-0.05, 0) is 73.1 Å². The Morgan fingerprint density at radius 1 is 0.800 bits per heavy atom. The Balaban J connectivity index is 2.11. The fraction of sp³-hybridized carbons (Fsp3) is 0.300. The molecule has 0 amide bonds. The Morgan fingerprint density at radius 2 is 1.50 bits per heavy atom. The van der Waals surface area contributed by atoms with Gasteiger partial charge >= 0.3 is 0 Å². The Hall–Kier alpha value is -1.82. The van der Waals surface area contributed by atoms with Gasteiger partial charge in [0.15, 0.2) is 0 Å². The maximum absolute atomic E-state index is 2.38. The molecule has 3 rings (SSSR count). The lowest BCUT2D eigenvalue weighted by Crippen LogP contribution is -2.07. The molecule has 0 radical (unpaired) electrons. The van der Waals surface area contributed by atoms with Gasteiger partial charge in [-0.1, -0.05) is 42.5 Å². The van der Waals surface area contributed by atoms with Crippen LogP contribution in [0.4, 0.5) is 0 Å². The highest BCUT2D eigenvalue weighted by Crippen LogP contribution is 2.37. The summed E-state index contributed by atoms with van der Waals surface area (Å²) in [4.78, 5) is 0. The van der Waals surface area contributed by atoms with Crippen LogP contribution in [0.25, 0.3) is 6.08 Å². The molecule has 2 aromatic carbocycles. The van der Waals surface area contributed by atoms with Crippen LogP contribution < -0.4 is 0 Å². The highest BCUT2D eigenvalue weighted by Gasteiger charge is 2.19. The van der Waals surface area contributed by atoms with Crippen LogP contribution in [-0.2, 0) is 0 Å². The maximum atomic E-state index is 2.38. The van der Waals surface area contributed by atoms with E-state index < -0.39 is 0 Å². The molecule has 20 heavy (non-hydrogen) atoms. The summed E-state index contributed by atoms with van der Waals surface area (Å²) in [6, 6.07) is 11.6. The van der Waals surface area contributed by atoms with E-state index >= 15 is 0 Å². The number of aryl methyl sites for hydroxylation is 4. The molecule has 0 spiro atoms. The van der Waals surface area contributed by atoms with Crippen LogP contribution in [-0.4, -0.2) is 0 Å². The Labute approximate surface area is 122 Å². The number of allylic oxidation sites excluding steroid dienone is 1. The molecule has 102 valence electrons. The van der Waals surface area contributed by atoms with Crippen LogP contribution in [0.2, 0.25) is 0 Å². The summed E-state index contributed by atoms with van der Waals surface area (Å²) in [7, 11) is 0. The lowest BCUT2D eigenvalue weighted by Gasteiger charge is -2.24. The number of rotatable bonds is 1. The normalized spacial score (nSPS) is 17.1. The van der Waals surface area contributed by atoms with Crippen LogP contribution in [0.1, 0.15) is 51.3 Å². The second-order valence-electron chi connectivity index (χ2n) is 6.10. The number of benzene rings is 2. The quantitative estimate of drug-likeness (QED) is 0.639. The van der Waals surface area contributed by atoms with Crippen molar-refractivity contribution in [2.24, 2.45) is 0 Å². The molecule has 0 aromatic heterocycles. The monoisotopic (exact) mass is 262 g/mol. The zero-order valence-corrected chi connectivity index (χ0v) is 12.8. The molecule has 0 nitrogen and oxygen atoms in total. The molecule has 1 unspecified atom stereocenters. The van der Waals surface area contributed by atoms with Crippen molar-refractivity contribution >= 4 is 6.08 Å². The minimum absolute atomic E-state index is 0.508. The number of hydrogen-bond acceptors (Lipinski definition) is 0. The average molecular weight is 262 g/mol. The molecule has 1 aliphatic carbocycles. The van der Waals surface area contributed by atoms with Gasteiger partial charge in [-0.15, -0.1) is 0 Å². The van der Waals surface area contributed by atoms with Gasteiger partial charge in [-0.25, -0.2) is 0 Å². The zero-order chi connectivity index (χ0) is 14.3. The van der Waals surface area contributed by atoms with Gasteiger partial charge in [0.05, 0.1) is 0 Å². The Bertz CT molecular complexity index is 689. The first-order valence-corrected chi connectivity index (χ1v) is 7.41. The minimum atomic E-state index is 0.508. The summed E-state index contributed by atoms with van der Waals surface area (Å²) >= 11 is 0. The molecule has 0 heterocycles. The van der Waals surface area contributed by atoms with E-state index in [2.05, 4.69) is 70.2 Å². The molecule has 0 saturated heterocycles. The second kappa shape index (κ2) is 4.94. The van der Waals surface area contributed by atoms with Crippen molar-refractivity contribution < 1.29 is 0 Å².